The second kappa shape index (κ2) is 6.62. The molecule has 1 aromatic carbocycles. The van der Waals surface area contributed by atoms with Crippen molar-refractivity contribution < 1.29 is 9.53 Å². The van der Waals surface area contributed by atoms with E-state index in [1.165, 1.54) is 0 Å². The number of hydrogen-bond acceptors (Lipinski definition) is 3. The highest BCUT2D eigenvalue weighted by atomic mass is 16.5. The summed E-state index contributed by atoms with van der Waals surface area (Å²) < 4.78 is 5.04. The van der Waals surface area contributed by atoms with Crippen LogP contribution in [0.1, 0.15) is 25.3 Å². The fourth-order valence-corrected chi connectivity index (χ4v) is 1.37. The molecule has 0 radical (unpaired) electrons. The highest BCUT2D eigenvalue weighted by molar-refractivity contribution is 5.72. The van der Waals surface area contributed by atoms with Crippen molar-refractivity contribution in [3.05, 3.63) is 35.9 Å². The molecule has 0 fully saturated rings. The molecule has 0 N–H and O–H groups in total. The molecular formula is C13H15NO2. The predicted octanol–water partition coefficient (Wildman–Crippen LogP) is 2.46. The van der Waals surface area contributed by atoms with Crippen LogP contribution in [0.15, 0.2) is 30.3 Å². The molecule has 0 saturated heterocycles. The Morgan fingerprint density at radius 2 is 2.12 bits per heavy atom. The quantitative estimate of drug-likeness (QED) is 0.712. The molecule has 1 atom stereocenters. The van der Waals surface area contributed by atoms with Gasteiger partial charge >= 0.3 is 5.97 Å². The van der Waals surface area contributed by atoms with Crippen LogP contribution in [0.3, 0.4) is 0 Å². The summed E-state index contributed by atoms with van der Waals surface area (Å²) in [5.74, 6) is -0.341. The summed E-state index contributed by atoms with van der Waals surface area (Å²) in [6.45, 7) is 1.95. The summed E-state index contributed by atoms with van der Waals surface area (Å²) in [6, 6.07) is 11.3. The number of nitrogens with zero attached hydrogens (tertiary/aromatic N) is 1. The molecule has 0 heterocycles. The molecule has 1 aromatic rings. The van der Waals surface area contributed by atoms with E-state index in [9.17, 15) is 4.79 Å². The lowest BCUT2D eigenvalue weighted by molar-refractivity contribution is -0.145. The summed E-state index contributed by atoms with van der Waals surface area (Å²) >= 11 is 0. The maximum atomic E-state index is 11.5. The number of ether oxygens (including phenoxy) is 1. The highest BCUT2D eigenvalue weighted by Crippen LogP contribution is 2.05. The normalized spacial score (nSPS) is 11.5. The molecule has 16 heavy (non-hydrogen) atoms. The Labute approximate surface area is 95.7 Å². The van der Waals surface area contributed by atoms with Gasteiger partial charge < -0.3 is 4.74 Å². The monoisotopic (exact) mass is 217 g/mol. The fourth-order valence-electron chi connectivity index (χ4n) is 1.37. The molecule has 0 unspecified atom stereocenters. The van der Waals surface area contributed by atoms with Crippen LogP contribution in [0, 0.1) is 11.3 Å². The van der Waals surface area contributed by atoms with E-state index in [-0.39, 0.29) is 12.4 Å². The van der Waals surface area contributed by atoms with Gasteiger partial charge in [0.05, 0.1) is 6.42 Å². The van der Waals surface area contributed by atoms with Crippen molar-refractivity contribution in [1.29, 1.82) is 5.26 Å². The number of hydrogen-bond donors (Lipinski definition) is 0. The molecule has 0 bridgehead atoms. The largest absolute Gasteiger partial charge is 0.447 e. The standard InChI is InChI=1S/C13H15NO2/c1-2-6-12(10-14)16-13(15)9-11-7-4-3-5-8-11/h3-5,7-8,12H,2,6,9H2,1H3/t12-/m1/s1. The van der Waals surface area contributed by atoms with Crippen LogP contribution in [0.25, 0.3) is 0 Å². The number of esters is 1. The Morgan fingerprint density at radius 1 is 1.44 bits per heavy atom. The molecule has 0 spiro atoms. The van der Waals surface area contributed by atoms with Crippen LogP contribution in [-0.4, -0.2) is 12.1 Å². The Balaban J connectivity index is 2.45. The minimum absolute atomic E-state index is 0.225. The van der Waals surface area contributed by atoms with Gasteiger partial charge in [-0.05, 0) is 12.0 Å². The first-order valence-corrected chi connectivity index (χ1v) is 5.39. The molecule has 0 aromatic heterocycles. The number of benzene rings is 1. The average molecular weight is 217 g/mol. The zero-order chi connectivity index (χ0) is 11.8. The fraction of sp³-hybridized carbons (Fsp3) is 0.385. The topological polar surface area (TPSA) is 50.1 Å². The maximum Gasteiger partial charge on any atom is 0.311 e. The molecule has 0 aliphatic carbocycles. The molecular weight excluding hydrogens is 202 g/mol. The van der Waals surface area contributed by atoms with Crippen LogP contribution >= 0.6 is 0 Å². The van der Waals surface area contributed by atoms with Crippen LogP contribution in [0.5, 0.6) is 0 Å². The second-order valence-corrected chi connectivity index (χ2v) is 3.56. The van der Waals surface area contributed by atoms with Crippen LogP contribution in [-0.2, 0) is 16.0 Å². The van der Waals surface area contributed by atoms with Gasteiger partial charge in [0.25, 0.3) is 0 Å². The van der Waals surface area contributed by atoms with Gasteiger partial charge in [-0.3, -0.25) is 4.79 Å². The first kappa shape index (κ1) is 12.3. The van der Waals surface area contributed by atoms with E-state index in [2.05, 4.69) is 0 Å². The number of carbonyl (C=O) groups is 1. The third kappa shape index (κ3) is 4.14. The van der Waals surface area contributed by atoms with E-state index >= 15 is 0 Å². The molecule has 0 saturated carbocycles. The SMILES string of the molecule is CCC[C@H](C#N)OC(=O)Cc1ccccc1. The molecule has 0 aliphatic heterocycles. The maximum absolute atomic E-state index is 11.5. The van der Waals surface area contributed by atoms with E-state index in [1.807, 2.05) is 43.3 Å². The van der Waals surface area contributed by atoms with E-state index in [0.717, 1.165) is 12.0 Å². The Morgan fingerprint density at radius 3 is 2.69 bits per heavy atom. The lowest BCUT2D eigenvalue weighted by Crippen LogP contribution is -2.17. The van der Waals surface area contributed by atoms with Crippen molar-refractivity contribution in [2.24, 2.45) is 0 Å². The van der Waals surface area contributed by atoms with Crippen molar-refractivity contribution in [3.8, 4) is 6.07 Å². The molecule has 3 nitrogen and oxygen atoms in total. The van der Waals surface area contributed by atoms with Crippen molar-refractivity contribution in [2.45, 2.75) is 32.3 Å². The zero-order valence-corrected chi connectivity index (χ0v) is 9.35. The summed E-state index contributed by atoms with van der Waals surface area (Å²) in [6.07, 6.45) is 1.04. The van der Waals surface area contributed by atoms with Crippen molar-refractivity contribution >= 4 is 5.97 Å². The summed E-state index contributed by atoms with van der Waals surface area (Å²) in [5, 5.41) is 8.74. The van der Waals surface area contributed by atoms with Gasteiger partial charge in [0.2, 0.25) is 0 Å². The number of nitriles is 1. The predicted molar refractivity (Wildman–Crippen MR) is 60.5 cm³/mol. The smallest absolute Gasteiger partial charge is 0.311 e. The van der Waals surface area contributed by atoms with Gasteiger partial charge in [-0.1, -0.05) is 43.7 Å². The van der Waals surface area contributed by atoms with Crippen LogP contribution < -0.4 is 0 Å². The van der Waals surface area contributed by atoms with E-state index in [1.54, 1.807) is 0 Å². The Hall–Kier alpha value is -1.82. The minimum atomic E-state index is -0.610. The molecule has 3 heteroatoms. The Kier molecular flexibility index (Phi) is 5.07. The molecule has 0 aliphatic rings. The van der Waals surface area contributed by atoms with E-state index in [0.29, 0.717) is 6.42 Å². The zero-order valence-electron chi connectivity index (χ0n) is 9.35. The lowest BCUT2D eigenvalue weighted by atomic mass is 10.1. The molecule has 1 rings (SSSR count). The van der Waals surface area contributed by atoms with Crippen LogP contribution in [0.4, 0.5) is 0 Å². The lowest BCUT2D eigenvalue weighted by Gasteiger charge is -2.09. The summed E-state index contributed by atoms with van der Waals surface area (Å²) in [7, 11) is 0. The first-order chi connectivity index (χ1) is 7.76. The van der Waals surface area contributed by atoms with Crippen molar-refractivity contribution in [3.63, 3.8) is 0 Å². The van der Waals surface area contributed by atoms with Gasteiger partial charge in [-0.2, -0.15) is 5.26 Å². The third-order valence-corrected chi connectivity index (χ3v) is 2.16. The van der Waals surface area contributed by atoms with Gasteiger partial charge in [0.1, 0.15) is 6.07 Å². The number of carbonyl (C=O) groups excluding carboxylic acids is 1. The summed E-state index contributed by atoms with van der Waals surface area (Å²) in [5.41, 5.74) is 0.903. The third-order valence-electron chi connectivity index (χ3n) is 2.16. The van der Waals surface area contributed by atoms with E-state index in [4.69, 9.17) is 10.00 Å². The van der Waals surface area contributed by atoms with Gasteiger partial charge in [0.15, 0.2) is 6.10 Å². The Bertz CT molecular complexity index is 367. The van der Waals surface area contributed by atoms with Crippen molar-refractivity contribution in [1.82, 2.24) is 0 Å². The summed E-state index contributed by atoms with van der Waals surface area (Å²) in [4.78, 5) is 11.5. The number of rotatable bonds is 5. The van der Waals surface area contributed by atoms with Crippen LogP contribution in [0.2, 0.25) is 0 Å². The van der Waals surface area contributed by atoms with Gasteiger partial charge in [-0.25, -0.2) is 0 Å². The van der Waals surface area contributed by atoms with E-state index < -0.39 is 6.10 Å². The first-order valence-electron chi connectivity index (χ1n) is 5.39. The van der Waals surface area contributed by atoms with Crippen molar-refractivity contribution in [2.75, 3.05) is 0 Å². The average Bonchev–Trinajstić information content (AvgIpc) is 2.29. The molecule has 84 valence electrons. The van der Waals surface area contributed by atoms with Gasteiger partial charge in [-0.15, -0.1) is 0 Å². The minimum Gasteiger partial charge on any atom is -0.447 e. The molecule has 0 amide bonds. The van der Waals surface area contributed by atoms with Gasteiger partial charge in [0, 0.05) is 0 Å². The highest BCUT2D eigenvalue weighted by Gasteiger charge is 2.12. The second-order valence-electron chi connectivity index (χ2n) is 3.56.